The average Bonchev–Trinajstić information content (AvgIpc) is 3.42. The SMILES string of the molecule is Cc1cnc(Nc2nccnc2[C@H]2CCCN2C(=O)/C=C/c2csc(C)n2)s1. The number of carbonyl (C=O) groups excluding carboxylic acids is 1. The van der Waals surface area contributed by atoms with Crippen molar-refractivity contribution in [1.29, 1.82) is 0 Å². The number of amides is 1. The molecule has 0 aliphatic carbocycles. The summed E-state index contributed by atoms with van der Waals surface area (Å²) < 4.78 is 0. The van der Waals surface area contributed by atoms with Crippen LogP contribution in [0.2, 0.25) is 0 Å². The van der Waals surface area contributed by atoms with Gasteiger partial charge in [0.2, 0.25) is 5.91 Å². The van der Waals surface area contributed by atoms with Gasteiger partial charge in [-0.15, -0.1) is 22.7 Å². The van der Waals surface area contributed by atoms with Gasteiger partial charge in [0.1, 0.15) is 5.69 Å². The summed E-state index contributed by atoms with van der Waals surface area (Å²) in [4.78, 5) is 33.5. The molecular formula is C19H20N6OS2. The Morgan fingerprint density at radius 2 is 2.14 bits per heavy atom. The zero-order valence-electron chi connectivity index (χ0n) is 15.6. The maximum absolute atomic E-state index is 12.8. The number of aromatic nitrogens is 4. The molecule has 0 spiro atoms. The summed E-state index contributed by atoms with van der Waals surface area (Å²) >= 11 is 3.13. The summed E-state index contributed by atoms with van der Waals surface area (Å²) in [5.41, 5.74) is 1.59. The Morgan fingerprint density at radius 3 is 2.89 bits per heavy atom. The van der Waals surface area contributed by atoms with Crippen molar-refractivity contribution in [3.05, 3.63) is 51.3 Å². The zero-order chi connectivity index (χ0) is 19.5. The molecule has 7 nitrogen and oxygen atoms in total. The molecule has 4 rings (SSSR count). The van der Waals surface area contributed by atoms with Crippen LogP contribution in [0.25, 0.3) is 6.08 Å². The summed E-state index contributed by atoms with van der Waals surface area (Å²) in [6, 6.07) is -0.105. The fourth-order valence-electron chi connectivity index (χ4n) is 3.23. The lowest BCUT2D eigenvalue weighted by Crippen LogP contribution is -2.30. The summed E-state index contributed by atoms with van der Waals surface area (Å²) in [5, 5.41) is 6.96. The molecule has 0 unspecified atom stereocenters. The van der Waals surface area contributed by atoms with Crippen LogP contribution in [-0.4, -0.2) is 37.3 Å². The normalized spacial score (nSPS) is 16.8. The molecule has 1 N–H and O–H groups in total. The van der Waals surface area contributed by atoms with Gasteiger partial charge in [-0.1, -0.05) is 0 Å². The van der Waals surface area contributed by atoms with E-state index in [2.05, 4.69) is 25.3 Å². The minimum Gasteiger partial charge on any atom is -0.330 e. The number of rotatable bonds is 5. The zero-order valence-corrected chi connectivity index (χ0v) is 17.3. The Hall–Kier alpha value is -2.65. The van der Waals surface area contributed by atoms with Crippen molar-refractivity contribution in [2.75, 3.05) is 11.9 Å². The van der Waals surface area contributed by atoms with Gasteiger partial charge in [0.05, 0.1) is 16.7 Å². The van der Waals surface area contributed by atoms with Crippen LogP contribution in [-0.2, 0) is 4.79 Å². The molecule has 1 saturated heterocycles. The van der Waals surface area contributed by atoms with Crippen molar-refractivity contribution in [2.24, 2.45) is 0 Å². The molecule has 9 heteroatoms. The fourth-order valence-corrected chi connectivity index (χ4v) is 4.47. The van der Waals surface area contributed by atoms with Crippen LogP contribution in [0.4, 0.5) is 10.9 Å². The van der Waals surface area contributed by atoms with E-state index in [1.165, 1.54) is 0 Å². The van der Waals surface area contributed by atoms with Crippen LogP contribution in [0, 0.1) is 13.8 Å². The number of hydrogen-bond donors (Lipinski definition) is 1. The molecule has 3 aromatic heterocycles. The molecule has 0 radical (unpaired) electrons. The standard InChI is InChI=1S/C19H20N6OS2/c1-12-10-22-19(28-12)24-18-17(20-7-8-21-18)15-4-3-9-25(15)16(26)6-5-14-11-27-13(2)23-14/h5-8,10-11,15H,3-4,9H2,1-2H3,(H,21,22,24)/b6-5+/t15-/m1/s1. The van der Waals surface area contributed by atoms with Crippen molar-refractivity contribution >= 4 is 45.6 Å². The molecule has 4 heterocycles. The van der Waals surface area contributed by atoms with Crippen LogP contribution < -0.4 is 5.32 Å². The Balaban J connectivity index is 1.54. The third-order valence-electron chi connectivity index (χ3n) is 4.46. The molecule has 0 saturated carbocycles. The summed E-state index contributed by atoms with van der Waals surface area (Å²) in [6.07, 6.45) is 10.3. The van der Waals surface area contributed by atoms with Crippen LogP contribution in [0.3, 0.4) is 0 Å². The highest BCUT2D eigenvalue weighted by atomic mass is 32.1. The van der Waals surface area contributed by atoms with Gasteiger partial charge in [-0.25, -0.2) is 15.0 Å². The van der Waals surface area contributed by atoms with E-state index in [0.717, 1.165) is 39.2 Å². The van der Waals surface area contributed by atoms with Gasteiger partial charge in [-0.3, -0.25) is 9.78 Å². The second-order valence-electron chi connectivity index (χ2n) is 6.51. The van der Waals surface area contributed by atoms with Gasteiger partial charge in [0.15, 0.2) is 10.9 Å². The van der Waals surface area contributed by atoms with Crippen LogP contribution in [0.15, 0.2) is 30.0 Å². The number of hydrogen-bond acceptors (Lipinski definition) is 8. The van der Waals surface area contributed by atoms with Gasteiger partial charge in [0, 0.05) is 41.5 Å². The van der Waals surface area contributed by atoms with E-state index in [-0.39, 0.29) is 11.9 Å². The van der Waals surface area contributed by atoms with E-state index in [4.69, 9.17) is 0 Å². The first-order valence-electron chi connectivity index (χ1n) is 9.01. The van der Waals surface area contributed by atoms with Crippen molar-refractivity contribution in [3.8, 4) is 0 Å². The van der Waals surface area contributed by atoms with Gasteiger partial charge in [-0.2, -0.15) is 0 Å². The lowest BCUT2D eigenvalue weighted by atomic mass is 10.1. The Labute approximate surface area is 171 Å². The summed E-state index contributed by atoms with van der Waals surface area (Å²) in [5.74, 6) is 0.621. The van der Waals surface area contributed by atoms with E-state index in [9.17, 15) is 4.79 Å². The molecule has 1 aliphatic heterocycles. The first-order chi connectivity index (χ1) is 13.6. The van der Waals surface area contributed by atoms with Gasteiger partial charge >= 0.3 is 0 Å². The van der Waals surface area contributed by atoms with Crippen LogP contribution >= 0.6 is 22.7 Å². The highest BCUT2D eigenvalue weighted by molar-refractivity contribution is 7.15. The number of anilines is 2. The minimum atomic E-state index is -0.105. The van der Waals surface area contributed by atoms with E-state index in [0.29, 0.717) is 12.4 Å². The predicted octanol–water partition coefficient (Wildman–Crippen LogP) is 4.13. The Bertz CT molecular complexity index is 1010. The molecule has 1 aliphatic rings. The largest absolute Gasteiger partial charge is 0.330 e. The molecular weight excluding hydrogens is 392 g/mol. The first kappa shape index (κ1) is 18.7. The summed E-state index contributed by atoms with van der Waals surface area (Å²) in [7, 11) is 0. The minimum absolute atomic E-state index is 0.0325. The third kappa shape index (κ3) is 4.10. The van der Waals surface area contributed by atoms with E-state index in [1.54, 1.807) is 47.2 Å². The van der Waals surface area contributed by atoms with Crippen LogP contribution in [0.1, 0.15) is 40.2 Å². The maximum Gasteiger partial charge on any atom is 0.247 e. The number of carbonyl (C=O) groups is 1. The van der Waals surface area contributed by atoms with Crippen molar-refractivity contribution in [2.45, 2.75) is 32.7 Å². The Kier molecular flexibility index (Phi) is 5.45. The van der Waals surface area contributed by atoms with Crippen molar-refractivity contribution < 1.29 is 4.79 Å². The number of thiazole rings is 2. The summed E-state index contributed by atoms with van der Waals surface area (Å²) in [6.45, 7) is 4.66. The highest BCUT2D eigenvalue weighted by Gasteiger charge is 2.32. The molecule has 28 heavy (non-hydrogen) atoms. The average molecular weight is 413 g/mol. The monoisotopic (exact) mass is 412 g/mol. The molecule has 0 aromatic carbocycles. The Morgan fingerprint density at radius 1 is 1.29 bits per heavy atom. The third-order valence-corrected chi connectivity index (χ3v) is 6.08. The smallest absolute Gasteiger partial charge is 0.247 e. The van der Waals surface area contributed by atoms with Crippen molar-refractivity contribution in [1.82, 2.24) is 24.8 Å². The van der Waals surface area contributed by atoms with Gasteiger partial charge in [-0.05, 0) is 32.8 Å². The second kappa shape index (κ2) is 8.15. The fraction of sp³-hybridized carbons (Fsp3) is 0.316. The topological polar surface area (TPSA) is 83.9 Å². The van der Waals surface area contributed by atoms with Crippen molar-refractivity contribution in [3.63, 3.8) is 0 Å². The molecule has 144 valence electrons. The quantitative estimate of drug-likeness (QED) is 0.635. The number of aryl methyl sites for hydroxylation is 2. The van der Waals surface area contributed by atoms with Crippen LogP contribution in [0.5, 0.6) is 0 Å². The molecule has 0 bridgehead atoms. The maximum atomic E-state index is 12.8. The van der Waals surface area contributed by atoms with Gasteiger partial charge in [0.25, 0.3) is 0 Å². The van der Waals surface area contributed by atoms with E-state index < -0.39 is 0 Å². The molecule has 1 fully saturated rings. The van der Waals surface area contributed by atoms with Gasteiger partial charge < -0.3 is 10.2 Å². The van der Waals surface area contributed by atoms with E-state index in [1.807, 2.05) is 30.3 Å². The number of nitrogens with one attached hydrogen (secondary N) is 1. The lowest BCUT2D eigenvalue weighted by Gasteiger charge is -2.24. The van der Waals surface area contributed by atoms with E-state index >= 15 is 0 Å². The first-order valence-corrected chi connectivity index (χ1v) is 10.7. The number of nitrogens with zero attached hydrogens (tertiary/aromatic N) is 5. The number of likely N-dealkylation sites (tertiary alicyclic amines) is 1. The highest BCUT2D eigenvalue weighted by Crippen LogP contribution is 2.35. The second-order valence-corrected chi connectivity index (χ2v) is 8.80. The lowest BCUT2D eigenvalue weighted by molar-refractivity contribution is -0.126. The molecule has 3 aromatic rings. The predicted molar refractivity (Wildman–Crippen MR) is 112 cm³/mol. The molecule has 1 amide bonds. The molecule has 1 atom stereocenters.